The number of pyridine rings is 1. The van der Waals surface area contributed by atoms with Crippen LogP contribution in [0.15, 0.2) is 48.8 Å². The van der Waals surface area contributed by atoms with Crippen LogP contribution in [0, 0.1) is 0 Å². The number of carbonyl (C=O) groups is 1. The summed E-state index contributed by atoms with van der Waals surface area (Å²) in [5.41, 5.74) is 3.30. The van der Waals surface area contributed by atoms with E-state index in [9.17, 15) is 4.79 Å². The molecular formula is C18H21N3O. The third kappa shape index (κ3) is 3.34. The van der Waals surface area contributed by atoms with Crippen molar-refractivity contribution in [1.29, 1.82) is 0 Å². The Morgan fingerprint density at radius 2 is 2.18 bits per heavy atom. The topological polar surface area (TPSA) is 54.0 Å². The van der Waals surface area contributed by atoms with Gasteiger partial charge in [-0.25, -0.2) is 0 Å². The van der Waals surface area contributed by atoms with Crippen LogP contribution in [-0.4, -0.2) is 23.5 Å². The third-order valence-corrected chi connectivity index (χ3v) is 4.12. The van der Waals surface area contributed by atoms with E-state index in [1.807, 2.05) is 37.4 Å². The fourth-order valence-electron chi connectivity index (χ4n) is 2.83. The van der Waals surface area contributed by atoms with Crippen LogP contribution in [0.2, 0.25) is 0 Å². The number of rotatable bonds is 4. The molecule has 22 heavy (non-hydrogen) atoms. The predicted molar refractivity (Wildman–Crippen MR) is 87.3 cm³/mol. The van der Waals surface area contributed by atoms with E-state index in [0.29, 0.717) is 0 Å². The molecule has 1 aromatic heterocycles. The van der Waals surface area contributed by atoms with Gasteiger partial charge >= 0.3 is 0 Å². The van der Waals surface area contributed by atoms with Crippen molar-refractivity contribution in [3.8, 4) is 11.1 Å². The van der Waals surface area contributed by atoms with Crippen LogP contribution >= 0.6 is 0 Å². The lowest BCUT2D eigenvalue weighted by Crippen LogP contribution is -2.41. The lowest BCUT2D eigenvalue weighted by Gasteiger charge is -2.18. The molecule has 1 saturated heterocycles. The Balaban J connectivity index is 1.72. The molecule has 1 unspecified atom stereocenters. The summed E-state index contributed by atoms with van der Waals surface area (Å²) in [6.45, 7) is 2.96. The second-order valence-electron chi connectivity index (χ2n) is 5.75. The molecule has 1 amide bonds. The van der Waals surface area contributed by atoms with E-state index in [2.05, 4.69) is 27.8 Å². The second-order valence-corrected chi connectivity index (χ2v) is 5.75. The van der Waals surface area contributed by atoms with Gasteiger partial charge in [-0.1, -0.05) is 24.3 Å². The first-order valence-corrected chi connectivity index (χ1v) is 7.78. The highest BCUT2D eigenvalue weighted by atomic mass is 16.2. The summed E-state index contributed by atoms with van der Waals surface area (Å²) >= 11 is 0. The van der Waals surface area contributed by atoms with Crippen molar-refractivity contribution < 1.29 is 4.79 Å². The number of nitrogens with one attached hydrogen (secondary N) is 2. The summed E-state index contributed by atoms with van der Waals surface area (Å²) < 4.78 is 0. The van der Waals surface area contributed by atoms with Gasteiger partial charge in [-0.15, -0.1) is 0 Å². The first-order valence-electron chi connectivity index (χ1n) is 7.78. The summed E-state index contributed by atoms with van der Waals surface area (Å²) in [6.07, 6.45) is 5.62. The first kappa shape index (κ1) is 14.7. The number of hydrogen-bond acceptors (Lipinski definition) is 3. The highest BCUT2D eigenvalue weighted by Crippen LogP contribution is 2.22. The number of nitrogens with zero attached hydrogens (tertiary/aromatic N) is 1. The maximum atomic E-state index is 12.2. The van der Waals surface area contributed by atoms with Gasteiger partial charge in [0.2, 0.25) is 5.91 Å². The summed E-state index contributed by atoms with van der Waals surface area (Å²) in [5.74, 6) is 0.0942. The van der Waals surface area contributed by atoms with Crippen LogP contribution in [0.5, 0.6) is 0 Å². The van der Waals surface area contributed by atoms with Crippen molar-refractivity contribution >= 4 is 5.91 Å². The Morgan fingerprint density at radius 3 is 2.91 bits per heavy atom. The molecule has 0 spiro atoms. The molecule has 1 aromatic carbocycles. The van der Waals surface area contributed by atoms with Gasteiger partial charge in [0.25, 0.3) is 0 Å². The van der Waals surface area contributed by atoms with E-state index in [1.165, 1.54) is 0 Å². The average molecular weight is 295 g/mol. The number of hydrogen-bond donors (Lipinski definition) is 2. The molecule has 2 atom stereocenters. The summed E-state index contributed by atoms with van der Waals surface area (Å²) in [7, 11) is 0. The molecule has 114 valence electrons. The summed E-state index contributed by atoms with van der Waals surface area (Å²) in [4.78, 5) is 16.4. The Hall–Kier alpha value is -2.20. The highest BCUT2D eigenvalue weighted by molar-refractivity contribution is 5.82. The first-order chi connectivity index (χ1) is 10.7. The van der Waals surface area contributed by atoms with Crippen molar-refractivity contribution in [2.75, 3.05) is 6.54 Å². The predicted octanol–water partition coefficient (Wildman–Crippen LogP) is 2.68. The standard InChI is InChI=1S/C18H21N3O/c1-13(21-18(22)17-8-4-10-20-17)14-5-2-6-15(11-14)16-7-3-9-19-12-16/h2-3,5-7,9,11-13,17,20H,4,8,10H2,1H3,(H,21,22)/t13?,17-/m0/s1. The van der Waals surface area contributed by atoms with Crippen molar-refractivity contribution in [1.82, 2.24) is 15.6 Å². The van der Waals surface area contributed by atoms with E-state index in [-0.39, 0.29) is 18.0 Å². The van der Waals surface area contributed by atoms with Crippen LogP contribution in [-0.2, 0) is 4.79 Å². The Kier molecular flexibility index (Phi) is 4.49. The van der Waals surface area contributed by atoms with Crippen molar-refractivity contribution in [3.63, 3.8) is 0 Å². The Morgan fingerprint density at radius 1 is 1.32 bits per heavy atom. The van der Waals surface area contributed by atoms with E-state index >= 15 is 0 Å². The lowest BCUT2D eigenvalue weighted by atomic mass is 10.0. The number of aromatic nitrogens is 1. The smallest absolute Gasteiger partial charge is 0.237 e. The molecule has 2 N–H and O–H groups in total. The summed E-state index contributed by atoms with van der Waals surface area (Å²) in [5, 5.41) is 6.33. The number of carbonyl (C=O) groups excluding carboxylic acids is 1. The zero-order valence-corrected chi connectivity index (χ0v) is 12.8. The zero-order valence-electron chi connectivity index (χ0n) is 12.8. The maximum Gasteiger partial charge on any atom is 0.237 e. The van der Waals surface area contributed by atoms with Gasteiger partial charge in [0.05, 0.1) is 12.1 Å². The molecule has 1 fully saturated rings. The van der Waals surface area contributed by atoms with Gasteiger partial charge in [-0.2, -0.15) is 0 Å². The van der Waals surface area contributed by atoms with Crippen molar-refractivity contribution in [2.24, 2.45) is 0 Å². The van der Waals surface area contributed by atoms with Gasteiger partial charge in [-0.3, -0.25) is 9.78 Å². The minimum atomic E-state index is -0.0380. The minimum Gasteiger partial charge on any atom is -0.348 e. The van der Waals surface area contributed by atoms with E-state index in [0.717, 1.165) is 36.1 Å². The van der Waals surface area contributed by atoms with Crippen LogP contribution in [0.1, 0.15) is 31.4 Å². The molecule has 1 aliphatic rings. The molecule has 0 saturated carbocycles. The number of amides is 1. The molecule has 0 radical (unpaired) electrons. The Labute approximate surface area is 131 Å². The van der Waals surface area contributed by atoms with Gasteiger partial charge in [-0.05, 0) is 55.1 Å². The molecule has 1 aliphatic heterocycles. The molecule has 0 aliphatic carbocycles. The largest absolute Gasteiger partial charge is 0.348 e. The van der Waals surface area contributed by atoms with Gasteiger partial charge in [0.1, 0.15) is 0 Å². The molecule has 2 aromatic rings. The fraction of sp³-hybridized carbons (Fsp3) is 0.333. The molecule has 4 nitrogen and oxygen atoms in total. The zero-order chi connectivity index (χ0) is 15.4. The number of benzene rings is 1. The van der Waals surface area contributed by atoms with Gasteiger partial charge < -0.3 is 10.6 Å². The second kappa shape index (κ2) is 6.71. The van der Waals surface area contributed by atoms with Gasteiger partial charge in [0, 0.05) is 12.4 Å². The van der Waals surface area contributed by atoms with Crippen LogP contribution in [0.4, 0.5) is 0 Å². The average Bonchev–Trinajstić information content (AvgIpc) is 3.10. The van der Waals surface area contributed by atoms with Gasteiger partial charge in [0.15, 0.2) is 0 Å². The quantitative estimate of drug-likeness (QED) is 0.912. The normalized spacial score (nSPS) is 18.9. The maximum absolute atomic E-state index is 12.2. The highest BCUT2D eigenvalue weighted by Gasteiger charge is 2.23. The summed E-state index contributed by atoms with van der Waals surface area (Å²) in [6, 6.07) is 12.2. The Bertz CT molecular complexity index is 636. The molecule has 3 rings (SSSR count). The molecular weight excluding hydrogens is 274 g/mol. The fourth-order valence-corrected chi connectivity index (χ4v) is 2.83. The van der Waals surface area contributed by atoms with Crippen molar-refractivity contribution in [2.45, 2.75) is 31.8 Å². The van der Waals surface area contributed by atoms with Crippen molar-refractivity contribution in [3.05, 3.63) is 54.4 Å². The monoisotopic (exact) mass is 295 g/mol. The van der Waals surface area contributed by atoms with E-state index < -0.39 is 0 Å². The van der Waals surface area contributed by atoms with Crippen LogP contribution < -0.4 is 10.6 Å². The third-order valence-electron chi connectivity index (χ3n) is 4.12. The molecule has 4 heteroatoms. The van der Waals surface area contributed by atoms with E-state index in [4.69, 9.17) is 0 Å². The lowest BCUT2D eigenvalue weighted by molar-refractivity contribution is -0.123. The SMILES string of the molecule is CC(NC(=O)[C@@H]1CCCN1)c1cccc(-c2cccnc2)c1. The van der Waals surface area contributed by atoms with Crippen LogP contribution in [0.3, 0.4) is 0 Å². The van der Waals surface area contributed by atoms with Crippen LogP contribution in [0.25, 0.3) is 11.1 Å². The molecule has 2 heterocycles. The molecule has 0 bridgehead atoms. The minimum absolute atomic E-state index is 0.00785. The van der Waals surface area contributed by atoms with E-state index in [1.54, 1.807) is 6.20 Å².